The second-order valence-electron chi connectivity index (χ2n) is 5.41. The third kappa shape index (κ3) is 2.54. The number of nitrogens with one attached hydrogen (secondary N) is 1. The third-order valence-corrected chi connectivity index (χ3v) is 3.67. The standard InChI is InChI=1S/C18H14N4O2/c1-12-9-17(22(21-12)14-5-3-2-4-6-14)20-18(23)13-7-8-16-15(10-13)19-11-24-16/h2-11H,1H3,(H,20,23). The first kappa shape index (κ1) is 14.2. The predicted octanol–water partition coefficient (Wildman–Crippen LogP) is 3.57. The summed E-state index contributed by atoms with van der Waals surface area (Å²) in [4.78, 5) is 16.6. The van der Waals surface area contributed by atoms with Crippen LogP contribution in [-0.2, 0) is 0 Å². The van der Waals surface area contributed by atoms with Crippen molar-refractivity contribution < 1.29 is 9.21 Å². The van der Waals surface area contributed by atoms with Gasteiger partial charge in [-0.1, -0.05) is 18.2 Å². The number of hydrogen-bond acceptors (Lipinski definition) is 4. The molecule has 2 aromatic carbocycles. The molecular formula is C18H14N4O2. The van der Waals surface area contributed by atoms with Gasteiger partial charge in [-0.2, -0.15) is 5.10 Å². The summed E-state index contributed by atoms with van der Waals surface area (Å²) in [6.45, 7) is 1.89. The van der Waals surface area contributed by atoms with Crippen LogP contribution in [0.25, 0.3) is 16.8 Å². The predicted molar refractivity (Wildman–Crippen MR) is 90.3 cm³/mol. The van der Waals surface area contributed by atoms with Crippen LogP contribution in [0.1, 0.15) is 16.1 Å². The summed E-state index contributed by atoms with van der Waals surface area (Å²) in [7, 11) is 0. The summed E-state index contributed by atoms with van der Waals surface area (Å²) in [5.74, 6) is 0.390. The van der Waals surface area contributed by atoms with Gasteiger partial charge in [-0.25, -0.2) is 9.67 Å². The maximum absolute atomic E-state index is 12.6. The molecule has 0 aliphatic heterocycles. The van der Waals surface area contributed by atoms with Crippen LogP contribution in [0, 0.1) is 6.92 Å². The Kier molecular flexibility index (Phi) is 3.35. The van der Waals surface area contributed by atoms with Gasteiger partial charge < -0.3 is 9.73 Å². The number of para-hydroxylation sites is 1. The Labute approximate surface area is 137 Å². The molecule has 0 saturated heterocycles. The van der Waals surface area contributed by atoms with Crippen molar-refractivity contribution in [3.05, 3.63) is 72.2 Å². The quantitative estimate of drug-likeness (QED) is 0.626. The molecule has 2 aromatic heterocycles. The van der Waals surface area contributed by atoms with E-state index in [4.69, 9.17) is 4.42 Å². The van der Waals surface area contributed by atoms with E-state index in [0.717, 1.165) is 11.4 Å². The van der Waals surface area contributed by atoms with Gasteiger partial charge in [0.15, 0.2) is 12.0 Å². The molecule has 6 heteroatoms. The molecule has 4 rings (SSSR count). The lowest BCUT2D eigenvalue weighted by atomic mass is 10.2. The maximum atomic E-state index is 12.6. The number of benzene rings is 2. The average Bonchev–Trinajstić information content (AvgIpc) is 3.21. The minimum atomic E-state index is -0.225. The van der Waals surface area contributed by atoms with E-state index in [9.17, 15) is 4.79 Å². The SMILES string of the molecule is Cc1cc(NC(=O)c2ccc3ocnc3c2)n(-c2ccccc2)n1. The van der Waals surface area contributed by atoms with Gasteiger partial charge in [0.1, 0.15) is 11.3 Å². The Morgan fingerprint density at radius 2 is 1.96 bits per heavy atom. The molecule has 0 fully saturated rings. The molecule has 0 aliphatic carbocycles. The molecule has 6 nitrogen and oxygen atoms in total. The first-order valence-electron chi connectivity index (χ1n) is 7.47. The fourth-order valence-electron chi connectivity index (χ4n) is 2.54. The van der Waals surface area contributed by atoms with Crippen molar-refractivity contribution >= 4 is 22.8 Å². The Morgan fingerprint density at radius 3 is 2.79 bits per heavy atom. The number of nitrogens with zero attached hydrogens (tertiary/aromatic N) is 3. The summed E-state index contributed by atoms with van der Waals surface area (Å²) >= 11 is 0. The monoisotopic (exact) mass is 318 g/mol. The Morgan fingerprint density at radius 1 is 1.12 bits per heavy atom. The largest absolute Gasteiger partial charge is 0.443 e. The highest BCUT2D eigenvalue weighted by molar-refractivity contribution is 6.05. The van der Waals surface area contributed by atoms with Crippen LogP contribution in [0.3, 0.4) is 0 Å². The summed E-state index contributed by atoms with van der Waals surface area (Å²) in [6, 6.07) is 16.6. The fourth-order valence-corrected chi connectivity index (χ4v) is 2.54. The van der Waals surface area contributed by atoms with Gasteiger partial charge in [-0.3, -0.25) is 4.79 Å². The van der Waals surface area contributed by atoms with Gasteiger partial charge >= 0.3 is 0 Å². The van der Waals surface area contributed by atoms with E-state index in [1.807, 2.05) is 43.3 Å². The van der Waals surface area contributed by atoms with Crippen molar-refractivity contribution in [2.75, 3.05) is 5.32 Å². The van der Waals surface area contributed by atoms with Crippen LogP contribution < -0.4 is 5.32 Å². The van der Waals surface area contributed by atoms with Crippen LogP contribution in [-0.4, -0.2) is 20.7 Å². The number of rotatable bonds is 3. The van der Waals surface area contributed by atoms with Crippen LogP contribution in [0.4, 0.5) is 5.82 Å². The second-order valence-corrected chi connectivity index (χ2v) is 5.41. The molecule has 0 aliphatic rings. The van der Waals surface area contributed by atoms with Crippen molar-refractivity contribution in [2.45, 2.75) is 6.92 Å². The van der Waals surface area contributed by atoms with Crippen LogP contribution in [0.2, 0.25) is 0 Å². The number of anilines is 1. The molecule has 24 heavy (non-hydrogen) atoms. The first-order chi connectivity index (χ1) is 11.7. The number of amides is 1. The lowest BCUT2D eigenvalue weighted by Gasteiger charge is -2.08. The second kappa shape index (κ2) is 5.66. The van der Waals surface area contributed by atoms with E-state index in [1.165, 1.54) is 6.39 Å². The Bertz CT molecular complexity index is 1020. The molecule has 0 atom stereocenters. The van der Waals surface area contributed by atoms with E-state index in [1.54, 1.807) is 22.9 Å². The van der Waals surface area contributed by atoms with Crippen LogP contribution >= 0.6 is 0 Å². The molecule has 1 N–H and O–H groups in total. The minimum Gasteiger partial charge on any atom is -0.443 e. The zero-order chi connectivity index (χ0) is 16.5. The van der Waals surface area contributed by atoms with E-state index in [-0.39, 0.29) is 5.91 Å². The molecule has 118 valence electrons. The molecule has 0 spiro atoms. The zero-order valence-electron chi connectivity index (χ0n) is 12.9. The van der Waals surface area contributed by atoms with Gasteiger partial charge in [0, 0.05) is 11.6 Å². The molecule has 0 saturated carbocycles. The number of aromatic nitrogens is 3. The molecule has 0 unspecified atom stereocenters. The lowest BCUT2D eigenvalue weighted by Crippen LogP contribution is -2.15. The highest BCUT2D eigenvalue weighted by atomic mass is 16.3. The number of oxazole rings is 1. The highest BCUT2D eigenvalue weighted by Gasteiger charge is 2.13. The van der Waals surface area contributed by atoms with Gasteiger partial charge in [0.2, 0.25) is 0 Å². The fraction of sp³-hybridized carbons (Fsp3) is 0.0556. The summed E-state index contributed by atoms with van der Waals surface area (Å²) in [5, 5.41) is 7.35. The van der Waals surface area contributed by atoms with Crippen molar-refractivity contribution in [2.24, 2.45) is 0 Å². The van der Waals surface area contributed by atoms with Gasteiger partial charge in [-0.05, 0) is 37.3 Å². The van der Waals surface area contributed by atoms with E-state index >= 15 is 0 Å². The summed E-state index contributed by atoms with van der Waals surface area (Å²) in [6.07, 6.45) is 1.36. The Balaban J connectivity index is 1.66. The molecule has 1 amide bonds. The summed E-state index contributed by atoms with van der Waals surface area (Å²) in [5.41, 5.74) is 3.51. The highest BCUT2D eigenvalue weighted by Crippen LogP contribution is 2.19. The van der Waals surface area contributed by atoms with Gasteiger partial charge in [0.25, 0.3) is 5.91 Å². The van der Waals surface area contributed by atoms with Crippen molar-refractivity contribution in [1.82, 2.24) is 14.8 Å². The van der Waals surface area contributed by atoms with E-state index in [0.29, 0.717) is 22.5 Å². The topological polar surface area (TPSA) is 73.0 Å². The molecule has 2 heterocycles. The zero-order valence-corrected chi connectivity index (χ0v) is 12.9. The molecular weight excluding hydrogens is 304 g/mol. The minimum absolute atomic E-state index is 0.225. The lowest BCUT2D eigenvalue weighted by molar-refractivity contribution is 0.102. The van der Waals surface area contributed by atoms with E-state index in [2.05, 4.69) is 15.4 Å². The molecule has 0 bridgehead atoms. The van der Waals surface area contributed by atoms with Crippen LogP contribution in [0.15, 0.2) is 65.4 Å². The van der Waals surface area contributed by atoms with Crippen LogP contribution in [0.5, 0.6) is 0 Å². The number of fused-ring (bicyclic) bond motifs is 1. The first-order valence-corrected chi connectivity index (χ1v) is 7.47. The van der Waals surface area contributed by atoms with Gasteiger partial charge in [-0.15, -0.1) is 0 Å². The van der Waals surface area contributed by atoms with Crippen molar-refractivity contribution in [1.29, 1.82) is 0 Å². The van der Waals surface area contributed by atoms with E-state index < -0.39 is 0 Å². The average molecular weight is 318 g/mol. The smallest absolute Gasteiger partial charge is 0.256 e. The van der Waals surface area contributed by atoms with Gasteiger partial charge in [0.05, 0.1) is 11.4 Å². The van der Waals surface area contributed by atoms with Crippen molar-refractivity contribution in [3.63, 3.8) is 0 Å². The number of carbonyl (C=O) groups is 1. The maximum Gasteiger partial charge on any atom is 0.256 e. The third-order valence-electron chi connectivity index (χ3n) is 3.67. The number of carbonyl (C=O) groups excluding carboxylic acids is 1. The summed E-state index contributed by atoms with van der Waals surface area (Å²) < 4.78 is 6.90. The van der Waals surface area contributed by atoms with Crippen molar-refractivity contribution in [3.8, 4) is 5.69 Å². The molecule has 4 aromatic rings. The number of aryl methyl sites for hydroxylation is 1. The Hall–Kier alpha value is -3.41. The number of hydrogen-bond donors (Lipinski definition) is 1. The normalized spacial score (nSPS) is 10.9. The molecule has 0 radical (unpaired) electrons.